The predicted molar refractivity (Wildman–Crippen MR) is 92.1 cm³/mol. The first-order chi connectivity index (χ1) is 10.1. The van der Waals surface area contributed by atoms with E-state index >= 15 is 0 Å². The molecule has 1 N–H and O–H groups in total. The first-order valence-corrected chi connectivity index (χ1v) is 7.28. The first-order valence-electron chi connectivity index (χ1n) is 6.49. The molecule has 0 aliphatic heterocycles. The van der Waals surface area contributed by atoms with Crippen molar-refractivity contribution in [1.29, 1.82) is 0 Å². The summed E-state index contributed by atoms with van der Waals surface area (Å²) in [4.78, 5) is 1.96. The van der Waals surface area contributed by atoms with Gasteiger partial charge in [-0.15, -0.1) is 0 Å². The highest BCUT2D eigenvalue weighted by Gasteiger charge is 2.09. The van der Waals surface area contributed by atoms with Gasteiger partial charge in [-0.1, -0.05) is 29.8 Å². The van der Waals surface area contributed by atoms with E-state index in [0.29, 0.717) is 16.7 Å². The third kappa shape index (κ3) is 4.34. The minimum atomic E-state index is 0.642. The summed E-state index contributed by atoms with van der Waals surface area (Å²) in [7, 11) is 3.61. The fourth-order valence-electron chi connectivity index (χ4n) is 1.91. The molecule has 0 aromatic heterocycles. The summed E-state index contributed by atoms with van der Waals surface area (Å²) in [5, 5.41) is 4.53. The van der Waals surface area contributed by atoms with Gasteiger partial charge in [-0.2, -0.15) is 0 Å². The third-order valence-corrected chi connectivity index (χ3v) is 3.71. The van der Waals surface area contributed by atoms with Gasteiger partial charge in [0.2, 0.25) is 0 Å². The van der Waals surface area contributed by atoms with Crippen molar-refractivity contribution in [3.63, 3.8) is 0 Å². The second kappa shape index (κ2) is 7.29. The summed E-state index contributed by atoms with van der Waals surface area (Å²) in [5.41, 5.74) is 2.00. The Morgan fingerprint density at radius 2 is 1.86 bits per heavy atom. The van der Waals surface area contributed by atoms with Gasteiger partial charge < -0.3 is 15.0 Å². The van der Waals surface area contributed by atoms with Crippen LogP contribution < -0.4 is 10.1 Å². The number of benzene rings is 2. The monoisotopic (exact) mass is 320 g/mol. The summed E-state index contributed by atoms with van der Waals surface area (Å²) in [5.74, 6) is 0.860. The van der Waals surface area contributed by atoms with E-state index in [9.17, 15) is 0 Å². The van der Waals surface area contributed by atoms with Crippen LogP contribution in [0.2, 0.25) is 5.02 Å². The zero-order valence-electron chi connectivity index (χ0n) is 12.0. The van der Waals surface area contributed by atoms with E-state index in [1.165, 1.54) is 0 Å². The van der Waals surface area contributed by atoms with E-state index in [2.05, 4.69) is 5.32 Å². The molecule has 0 unspecified atom stereocenters. The maximum Gasteiger partial charge on any atom is 0.173 e. The molecule has 2 aromatic rings. The SMILES string of the molecule is COc1ccccc1CN(C)C(=S)Nc1ccc(Cl)cc1. The summed E-state index contributed by atoms with van der Waals surface area (Å²) in [6, 6.07) is 15.4. The second-order valence-corrected chi connectivity index (χ2v) is 5.43. The van der Waals surface area contributed by atoms with E-state index in [-0.39, 0.29) is 0 Å². The lowest BCUT2D eigenvalue weighted by Crippen LogP contribution is -2.30. The van der Waals surface area contributed by atoms with Crippen molar-refractivity contribution in [2.45, 2.75) is 6.54 Å². The van der Waals surface area contributed by atoms with E-state index < -0.39 is 0 Å². The van der Waals surface area contributed by atoms with Crippen LogP contribution in [-0.4, -0.2) is 24.2 Å². The summed E-state index contributed by atoms with van der Waals surface area (Å²) >= 11 is 11.3. The molecule has 0 atom stereocenters. The number of hydrogen-bond acceptors (Lipinski definition) is 2. The number of anilines is 1. The molecular formula is C16H17ClN2OS. The predicted octanol–water partition coefficient (Wildman–Crippen LogP) is 4.18. The first kappa shape index (κ1) is 15.6. The Hall–Kier alpha value is -1.78. The average Bonchev–Trinajstić information content (AvgIpc) is 2.50. The highest BCUT2D eigenvalue weighted by atomic mass is 35.5. The van der Waals surface area contributed by atoms with Crippen LogP contribution in [0.1, 0.15) is 5.56 Å². The fourth-order valence-corrected chi connectivity index (χ4v) is 2.22. The van der Waals surface area contributed by atoms with Crippen LogP contribution in [0.4, 0.5) is 5.69 Å². The van der Waals surface area contributed by atoms with Crippen molar-refractivity contribution in [3.05, 3.63) is 59.1 Å². The van der Waals surface area contributed by atoms with Crippen LogP contribution in [0.5, 0.6) is 5.75 Å². The largest absolute Gasteiger partial charge is 0.496 e. The van der Waals surface area contributed by atoms with Gasteiger partial charge in [-0.05, 0) is 42.5 Å². The fraction of sp³-hybridized carbons (Fsp3) is 0.188. The van der Waals surface area contributed by atoms with Crippen LogP contribution in [0.15, 0.2) is 48.5 Å². The van der Waals surface area contributed by atoms with E-state index in [0.717, 1.165) is 17.0 Å². The Morgan fingerprint density at radius 3 is 2.52 bits per heavy atom. The molecule has 21 heavy (non-hydrogen) atoms. The number of ether oxygens (including phenoxy) is 1. The van der Waals surface area contributed by atoms with Gasteiger partial charge in [0.05, 0.1) is 7.11 Å². The second-order valence-electron chi connectivity index (χ2n) is 4.60. The van der Waals surface area contributed by atoms with Crippen molar-refractivity contribution in [3.8, 4) is 5.75 Å². The molecule has 0 heterocycles. The molecule has 0 spiro atoms. The van der Waals surface area contributed by atoms with E-state index in [1.807, 2.05) is 60.5 Å². The minimum absolute atomic E-state index is 0.642. The molecule has 2 aromatic carbocycles. The molecule has 0 radical (unpaired) electrons. The number of nitrogens with zero attached hydrogens (tertiary/aromatic N) is 1. The number of hydrogen-bond donors (Lipinski definition) is 1. The lowest BCUT2D eigenvalue weighted by Gasteiger charge is -2.22. The van der Waals surface area contributed by atoms with E-state index in [1.54, 1.807) is 7.11 Å². The Kier molecular flexibility index (Phi) is 5.42. The third-order valence-electron chi connectivity index (χ3n) is 3.04. The standard InChI is InChI=1S/C16H17ClN2OS/c1-19(11-12-5-3-4-6-15(12)20-2)16(21)18-14-9-7-13(17)8-10-14/h3-10H,11H2,1-2H3,(H,18,21). The minimum Gasteiger partial charge on any atom is -0.496 e. The highest BCUT2D eigenvalue weighted by Crippen LogP contribution is 2.19. The molecular weight excluding hydrogens is 304 g/mol. The Labute approximate surface area is 135 Å². The smallest absolute Gasteiger partial charge is 0.173 e. The Balaban J connectivity index is 2.01. The Morgan fingerprint density at radius 1 is 1.19 bits per heavy atom. The summed E-state index contributed by atoms with van der Waals surface area (Å²) < 4.78 is 5.35. The van der Waals surface area contributed by atoms with Gasteiger partial charge in [0.25, 0.3) is 0 Å². The average molecular weight is 321 g/mol. The zero-order valence-corrected chi connectivity index (χ0v) is 13.5. The van der Waals surface area contributed by atoms with Crippen LogP contribution in [0.3, 0.4) is 0 Å². The summed E-state index contributed by atoms with van der Waals surface area (Å²) in [6.07, 6.45) is 0. The van der Waals surface area contributed by atoms with Gasteiger partial charge in [-0.3, -0.25) is 0 Å². The molecule has 0 fully saturated rings. The maximum absolute atomic E-state index is 5.87. The van der Waals surface area contributed by atoms with Crippen LogP contribution in [0.25, 0.3) is 0 Å². The van der Waals surface area contributed by atoms with Crippen molar-refractivity contribution in [2.75, 3.05) is 19.5 Å². The van der Waals surface area contributed by atoms with Crippen molar-refractivity contribution in [1.82, 2.24) is 4.90 Å². The van der Waals surface area contributed by atoms with Gasteiger partial charge in [0.15, 0.2) is 5.11 Å². The lowest BCUT2D eigenvalue weighted by molar-refractivity contribution is 0.399. The number of methoxy groups -OCH3 is 1. The number of rotatable bonds is 4. The molecule has 5 heteroatoms. The number of para-hydroxylation sites is 1. The highest BCUT2D eigenvalue weighted by molar-refractivity contribution is 7.80. The lowest BCUT2D eigenvalue weighted by atomic mass is 10.2. The van der Waals surface area contributed by atoms with Crippen LogP contribution >= 0.6 is 23.8 Å². The normalized spacial score (nSPS) is 10.0. The van der Waals surface area contributed by atoms with E-state index in [4.69, 9.17) is 28.6 Å². The van der Waals surface area contributed by atoms with Crippen molar-refractivity contribution < 1.29 is 4.74 Å². The molecule has 0 saturated heterocycles. The molecule has 0 amide bonds. The molecule has 3 nitrogen and oxygen atoms in total. The topological polar surface area (TPSA) is 24.5 Å². The number of nitrogens with one attached hydrogen (secondary N) is 1. The van der Waals surface area contributed by atoms with Crippen LogP contribution in [0, 0.1) is 0 Å². The van der Waals surface area contributed by atoms with Gasteiger partial charge in [0.1, 0.15) is 5.75 Å². The quantitative estimate of drug-likeness (QED) is 0.854. The molecule has 0 bridgehead atoms. The number of halogens is 1. The molecule has 0 aliphatic carbocycles. The number of thiocarbonyl (C=S) groups is 1. The van der Waals surface area contributed by atoms with Crippen molar-refractivity contribution >= 4 is 34.6 Å². The maximum atomic E-state index is 5.87. The van der Waals surface area contributed by atoms with Gasteiger partial charge >= 0.3 is 0 Å². The van der Waals surface area contributed by atoms with Gasteiger partial charge in [0, 0.05) is 29.9 Å². The summed E-state index contributed by atoms with van der Waals surface area (Å²) in [6.45, 7) is 0.670. The molecule has 0 aliphatic rings. The van der Waals surface area contributed by atoms with Crippen molar-refractivity contribution in [2.24, 2.45) is 0 Å². The zero-order chi connectivity index (χ0) is 15.2. The molecule has 0 saturated carbocycles. The molecule has 2 rings (SSSR count). The van der Waals surface area contributed by atoms with Crippen LogP contribution in [-0.2, 0) is 6.54 Å². The van der Waals surface area contributed by atoms with Gasteiger partial charge in [-0.25, -0.2) is 0 Å². The Bertz CT molecular complexity index is 616. The molecule has 110 valence electrons.